The van der Waals surface area contributed by atoms with Crippen molar-refractivity contribution in [2.75, 3.05) is 11.9 Å². The lowest BCUT2D eigenvalue weighted by atomic mass is 10.2. The SMILES string of the molecule is O=C(Nc1nnc(-c2ccccc2)s1)[C@H]1CCCN1S(=O)(=O)c1ccc(Cl)cc1. The molecule has 1 fully saturated rings. The van der Waals surface area contributed by atoms with Crippen molar-refractivity contribution in [2.45, 2.75) is 23.8 Å². The fourth-order valence-corrected chi connectivity index (χ4v) is 5.73. The molecule has 1 amide bonds. The average molecular weight is 449 g/mol. The van der Waals surface area contributed by atoms with Gasteiger partial charge in [-0.15, -0.1) is 10.2 Å². The maximum absolute atomic E-state index is 13.0. The van der Waals surface area contributed by atoms with Gasteiger partial charge in [0.05, 0.1) is 4.90 Å². The van der Waals surface area contributed by atoms with Gasteiger partial charge in [-0.25, -0.2) is 8.42 Å². The van der Waals surface area contributed by atoms with Crippen molar-refractivity contribution in [3.05, 3.63) is 59.6 Å². The predicted octanol–water partition coefficient (Wildman–Crippen LogP) is 3.65. The molecule has 4 rings (SSSR count). The highest BCUT2D eigenvalue weighted by atomic mass is 35.5. The minimum atomic E-state index is -3.80. The molecule has 150 valence electrons. The van der Waals surface area contributed by atoms with Crippen molar-refractivity contribution >= 4 is 44.0 Å². The van der Waals surface area contributed by atoms with Gasteiger partial charge in [0.2, 0.25) is 21.1 Å². The van der Waals surface area contributed by atoms with E-state index < -0.39 is 22.0 Å². The average Bonchev–Trinajstić information content (AvgIpc) is 3.39. The second kappa shape index (κ2) is 8.19. The topological polar surface area (TPSA) is 92.3 Å². The van der Waals surface area contributed by atoms with Crippen molar-refractivity contribution in [3.8, 4) is 10.6 Å². The molecule has 1 atom stereocenters. The van der Waals surface area contributed by atoms with Crippen molar-refractivity contribution in [1.29, 1.82) is 0 Å². The Balaban J connectivity index is 1.51. The number of halogens is 1. The second-order valence-electron chi connectivity index (χ2n) is 6.50. The van der Waals surface area contributed by atoms with E-state index in [9.17, 15) is 13.2 Å². The van der Waals surface area contributed by atoms with Crippen molar-refractivity contribution in [1.82, 2.24) is 14.5 Å². The van der Waals surface area contributed by atoms with E-state index in [-0.39, 0.29) is 11.4 Å². The molecule has 2 aromatic carbocycles. The van der Waals surface area contributed by atoms with Crippen LogP contribution in [0.15, 0.2) is 59.5 Å². The van der Waals surface area contributed by atoms with Crippen LogP contribution >= 0.6 is 22.9 Å². The first-order valence-electron chi connectivity index (χ1n) is 8.92. The van der Waals surface area contributed by atoms with Crippen LogP contribution in [0.5, 0.6) is 0 Å². The second-order valence-corrected chi connectivity index (χ2v) is 9.80. The Labute approximate surface area is 177 Å². The number of rotatable bonds is 5. The fourth-order valence-electron chi connectivity index (χ4n) is 3.19. The zero-order chi connectivity index (χ0) is 20.4. The standard InChI is InChI=1S/C19H17ClN4O3S2/c20-14-8-10-15(11-9-14)29(26,27)24-12-4-7-16(24)17(25)21-19-23-22-18(28-19)13-5-2-1-3-6-13/h1-3,5-6,8-11,16H,4,7,12H2,(H,21,23,25)/t16-/m1/s1. The number of amides is 1. The summed E-state index contributed by atoms with van der Waals surface area (Å²) in [5, 5.41) is 12.3. The maximum Gasteiger partial charge on any atom is 0.244 e. The molecule has 0 radical (unpaired) electrons. The number of benzene rings is 2. The summed E-state index contributed by atoms with van der Waals surface area (Å²) in [4.78, 5) is 12.9. The highest BCUT2D eigenvalue weighted by molar-refractivity contribution is 7.89. The third-order valence-corrected chi connectivity index (χ3v) is 7.66. The number of anilines is 1. The molecule has 2 heterocycles. The van der Waals surface area contributed by atoms with Crippen LogP contribution in [0.4, 0.5) is 5.13 Å². The Bertz CT molecular complexity index is 1120. The molecule has 1 aliphatic heterocycles. The van der Waals surface area contributed by atoms with Gasteiger partial charge in [0.15, 0.2) is 0 Å². The lowest BCUT2D eigenvalue weighted by Gasteiger charge is -2.23. The summed E-state index contributed by atoms with van der Waals surface area (Å²) in [6.07, 6.45) is 1.05. The van der Waals surface area contributed by atoms with Gasteiger partial charge in [-0.3, -0.25) is 10.1 Å². The molecule has 10 heteroatoms. The molecule has 1 aliphatic rings. The number of hydrogen-bond acceptors (Lipinski definition) is 6. The highest BCUT2D eigenvalue weighted by Crippen LogP contribution is 2.29. The lowest BCUT2D eigenvalue weighted by molar-refractivity contribution is -0.119. The normalized spacial score (nSPS) is 17.3. The van der Waals surface area contributed by atoms with E-state index in [1.165, 1.54) is 39.9 Å². The van der Waals surface area contributed by atoms with E-state index in [1.54, 1.807) is 0 Å². The number of nitrogens with zero attached hydrogens (tertiary/aromatic N) is 3. The van der Waals surface area contributed by atoms with Gasteiger partial charge in [-0.05, 0) is 37.1 Å². The molecule has 0 saturated carbocycles. The smallest absolute Gasteiger partial charge is 0.244 e. The summed E-state index contributed by atoms with van der Waals surface area (Å²) in [6, 6.07) is 14.7. The summed E-state index contributed by atoms with van der Waals surface area (Å²) in [5.74, 6) is -0.407. The summed E-state index contributed by atoms with van der Waals surface area (Å²) in [5.41, 5.74) is 0.901. The molecule has 3 aromatic rings. The van der Waals surface area contributed by atoms with Crippen molar-refractivity contribution in [2.24, 2.45) is 0 Å². The number of hydrogen-bond donors (Lipinski definition) is 1. The number of sulfonamides is 1. The van der Waals surface area contributed by atoms with E-state index >= 15 is 0 Å². The molecule has 0 unspecified atom stereocenters. The van der Waals surface area contributed by atoms with Crippen LogP contribution in [0, 0.1) is 0 Å². The van der Waals surface area contributed by atoms with Gasteiger partial charge in [-0.1, -0.05) is 53.3 Å². The Morgan fingerprint density at radius 1 is 1.10 bits per heavy atom. The van der Waals surface area contributed by atoms with Gasteiger partial charge < -0.3 is 0 Å². The van der Waals surface area contributed by atoms with E-state index in [0.717, 1.165) is 5.56 Å². The molecule has 0 aliphatic carbocycles. The van der Waals surface area contributed by atoms with Crippen molar-refractivity contribution in [3.63, 3.8) is 0 Å². The van der Waals surface area contributed by atoms with Gasteiger partial charge >= 0.3 is 0 Å². The quantitative estimate of drug-likeness (QED) is 0.643. The summed E-state index contributed by atoms with van der Waals surface area (Å²) in [6.45, 7) is 0.286. The third kappa shape index (κ3) is 4.18. The van der Waals surface area contributed by atoms with Crippen LogP contribution in [-0.2, 0) is 14.8 Å². The molecule has 29 heavy (non-hydrogen) atoms. The number of aromatic nitrogens is 2. The van der Waals surface area contributed by atoms with Gasteiger partial charge in [0.1, 0.15) is 11.0 Å². The minimum absolute atomic E-state index is 0.115. The molecule has 1 aromatic heterocycles. The highest BCUT2D eigenvalue weighted by Gasteiger charge is 2.39. The zero-order valence-corrected chi connectivity index (χ0v) is 17.5. The van der Waals surface area contributed by atoms with Gasteiger partial charge in [0, 0.05) is 17.1 Å². The summed E-state index contributed by atoms with van der Waals surface area (Å²) >= 11 is 7.10. The van der Waals surface area contributed by atoms with Crippen LogP contribution in [-0.4, -0.2) is 41.4 Å². The summed E-state index contributed by atoms with van der Waals surface area (Å²) in [7, 11) is -3.80. The molecule has 1 saturated heterocycles. The van der Waals surface area contributed by atoms with E-state index in [2.05, 4.69) is 15.5 Å². The number of carbonyl (C=O) groups is 1. The van der Waals surface area contributed by atoms with E-state index in [0.29, 0.717) is 28.0 Å². The molecule has 0 spiro atoms. The van der Waals surface area contributed by atoms with E-state index in [4.69, 9.17) is 11.6 Å². The first-order chi connectivity index (χ1) is 13.9. The zero-order valence-electron chi connectivity index (χ0n) is 15.2. The summed E-state index contributed by atoms with van der Waals surface area (Å²) < 4.78 is 27.2. The molecule has 1 N–H and O–H groups in total. The monoisotopic (exact) mass is 448 g/mol. The molecular formula is C19H17ClN4O3S2. The lowest BCUT2D eigenvalue weighted by Crippen LogP contribution is -2.43. The van der Waals surface area contributed by atoms with E-state index in [1.807, 2.05) is 30.3 Å². The maximum atomic E-state index is 13.0. The first kappa shape index (κ1) is 20.0. The van der Waals surface area contributed by atoms with Crippen molar-refractivity contribution < 1.29 is 13.2 Å². The Morgan fingerprint density at radius 3 is 2.55 bits per heavy atom. The molecule has 0 bridgehead atoms. The number of carbonyl (C=O) groups excluding carboxylic acids is 1. The van der Waals surface area contributed by atoms with Crippen LogP contribution in [0.1, 0.15) is 12.8 Å². The number of nitrogens with one attached hydrogen (secondary N) is 1. The van der Waals surface area contributed by atoms with Gasteiger partial charge in [-0.2, -0.15) is 4.31 Å². The van der Waals surface area contributed by atoms with Crippen LogP contribution in [0.25, 0.3) is 10.6 Å². The van der Waals surface area contributed by atoms with Crippen LogP contribution in [0.3, 0.4) is 0 Å². The first-order valence-corrected chi connectivity index (χ1v) is 11.6. The molecule has 7 nitrogen and oxygen atoms in total. The van der Waals surface area contributed by atoms with Crippen LogP contribution in [0.2, 0.25) is 5.02 Å². The van der Waals surface area contributed by atoms with Gasteiger partial charge in [0.25, 0.3) is 0 Å². The minimum Gasteiger partial charge on any atom is -0.299 e. The predicted molar refractivity (Wildman–Crippen MR) is 112 cm³/mol. The largest absolute Gasteiger partial charge is 0.299 e. The van der Waals surface area contributed by atoms with Crippen LogP contribution < -0.4 is 5.32 Å². The fraction of sp³-hybridized carbons (Fsp3) is 0.211. The third-order valence-electron chi connectivity index (χ3n) is 4.60. The Hall–Kier alpha value is -2.33. The molecular weight excluding hydrogens is 432 g/mol. The Morgan fingerprint density at radius 2 is 1.83 bits per heavy atom. The Kier molecular flexibility index (Phi) is 5.64.